The van der Waals surface area contributed by atoms with Crippen molar-refractivity contribution < 1.29 is 23.4 Å². The van der Waals surface area contributed by atoms with E-state index in [1.54, 1.807) is 30.3 Å². The maximum Gasteiger partial charge on any atom is 0.262 e. The third kappa shape index (κ3) is 6.88. The van der Waals surface area contributed by atoms with Gasteiger partial charge in [0.15, 0.2) is 11.5 Å². The predicted octanol–water partition coefficient (Wildman–Crippen LogP) is 2.61. The van der Waals surface area contributed by atoms with Gasteiger partial charge >= 0.3 is 0 Å². The molecular weight excluding hydrogens is 398 g/mol. The van der Waals surface area contributed by atoms with Gasteiger partial charge in [-0.2, -0.15) is 5.26 Å². The van der Waals surface area contributed by atoms with Crippen LogP contribution in [-0.2, 0) is 16.1 Å². The average Bonchev–Trinajstić information content (AvgIpc) is 3.32. The third-order valence-corrected chi connectivity index (χ3v) is 4.72. The summed E-state index contributed by atoms with van der Waals surface area (Å²) in [6.45, 7) is 7.24. The molecule has 3 rings (SSSR count). The van der Waals surface area contributed by atoms with Crippen LogP contribution in [0.1, 0.15) is 18.2 Å². The SMILES string of the molecule is CCOc1cc(C=C(C#N)C(=O)NCc2ccco2)ccc1OCCN1CCOCC1. The Morgan fingerprint density at radius 2 is 2.10 bits per heavy atom. The fourth-order valence-electron chi connectivity index (χ4n) is 3.10. The Morgan fingerprint density at radius 1 is 1.26 bits per heavy atom. The molecule has 1 aliphatic rings. The second kappa shape index (κ2) is 11.8. The van der Waals surface area contributed by atoms with E-state index in [1.165, 1.54) is 12.3 Å². The molecule has 1 N–H and O–H groups in total. The van der Waals surface area contributed by atoms with Gasteiger partial charge in [-0.15, -0.1) is 0 Å². The quantitative estimate of drug-likeness (QED) is 0.462. The zero-order valence-corrected chi connectivity index (χ0v) is 17.6. The fourth-order valence-corrected chi connectivity index (χ4v) is 3.10. The van der Waals surface area contributed by atoms with Gasteiger partial charge in [-0.05, 0) is 42.8 Å². The van der Waals surface area contributed by atoms with Gasteiger partial charge in [0.1, 0.15) is 24.0 Å². The lowest BCUT2D eigenvalue weighted by molar-refractivity contribution is -0.117. The smallest absolute Gasteiger partial charge is 0.262 e. The van der Waals surface area contributed by atoms with Crippen LogP contribution in [0, 0.1) is 11.3 Å². The second-order valence-corrected chi connectivity index (χ2v) is 6.87. The third-order valence-electron chi connectivity index (χ3n) is 4.72. The minimum absolute atomic E-state index is 0.00464. The molecule has 1 aromatic carbocycles. The molecule has 0 atom stereocenters. The van der Waals surface area contributed by atoms with Crippen molar-refractivity contribution in [3.63, 3.8) is 0 Å². The lowest BCUT2D eigenvalue weighted by Gasteiger charge is -2.26. The van der Waals surface area contributed by atoms with E-state index in [0.717, 1.165) is 32.8 Å². The van der Waals surface area contributed by atoms with E-state index in [1.807, 2.05) is 13.0 Å². The zero-order chi connectivity index (χ0) is 21.9. The van der Waals surface area contributed by atoms with Crippen molar-refractivity contribution in [2.75, 3.05) is 46.1 Å². The molecule has 1 saturated heterocycles. The number of hydrogen-bond acceptors (Lipinski definition) is 7. The Morgan fingerprint density at radius 3 is 2.81 bits per heavy atom. The number of nitrogens with one attached hydrogen (secondary N) is 1. The summed E-state index contributed by atoms with van der Waals surface area (Å²) in [5.74, 6) is 1.35. The number of carbonyl (C=O) groups is 1. The van der Waals surface area contributed by atoms with Gasteiger partial charge in [-0.1, -0.05) is 6.07 Å². The lowest BCUT2D eigenvalue weighted by atomic mass is 10.1. The average molecular weight is 425 g/mol. The fraction of sp³-hybridized carbons (Fsp3) is 0.391. The Balaban J connectivity index is 1.63. The molecule has 1 aromatic heterocycles. The van der Waals surface area contributed by atoms with Crippen molar-refractivity contribution in [3.8, 4) is 17.6 Å². The van der Waals surface area contributed by atoms with Crippen LogP contribution in [0.25, 0.3) is 6.08 Å². The highest BCUT2D eigenvalue weighted by Gasteiger charge is 2.13. The van der Waals surface area contributed by atoms with Crippen LogP contribution in [0.15, 0.2) is 46.6 Å². The summed E-state index contributed by atoms with van der Waals surface area (Å²) in [6.07, 6.45) is 3.06. The van der Waals surface area contributed by atoms with Crippen LogP contribution in [0.2, 0.25) is 0 Å². The molecule has 0 bridgehead atoms. The lowest BCUT2D eigenvalue weighted by Crippen LogP contribution is -2.38. The van der Waals surface area contributed by atoms with E-state index < -0.39 is 5.91 Å². The first-order valence-corrected chi connectivity index (χ1v) is 10.3. The highest BCUT2D eigenvalue weighted by molar-refractivity contribution is 6.01. The number of amides is 1. The number of carbonyl (C=O) groups excluding carboxylic acids is 1. The number of benzene rings is 1. The van der Waals surface area contributed by atoms with E-state index in [0.29, 0.717) is 36.0 Å². The molecule has 8 heteroatoms. The molecule has 0 spiro atoms. The summed E-state index contributed by atoms with van der Waals surface area (Å²) >= 11 is 0. The van der Waals surface area contributed by atoms with Gasteiger partial charge in [0.2, 0.25) is 0 Å². The number of nitriles is 1. The van der Waals surface area contributed by atoms with E-state index >= 15 is 0 Å². The van der Waals surface area contributed by atoms with Gasteiger partial charge in [-0.3, -0.25) is 9.69 Å². The molecule has 0 saturated carbocycles. The summed E-state index contributed by atoms with van der Waals surface area (Å²) in [5, 5.41) is 12.1. The van der Waals surface area contributed by atoms with Crippen LogP contribution in [0.4, 0.5) is 0 Å². The Hall–Kier alpha value is -3.28. The van der Waals surface area contributed by atoms with Crippen LogP contribution in [0.3, 0.4) is 0 Å². The first kappa shape index (κ1) is 22.4. The molecule has 0 radical (unpaired) electrons. The van der Waals surface area contributed by atoms with Gasteiger partial charge in [0, 0.05) is 19.6 Å². The Labute approximate surface area is 182 Å². The highest BCUT2D eigenvalue weighted by atomic mass is 16.5. The minimum Gasteiger partial charge on any atom is -0.490 e. The number of morpholine rings is 1. The minimum atomic E-state index is -0.470. The molecule has 1 amide bonds. The molecule has 8 nitrogen and oxygen atoms in total. The monoisotopic (exact) mass is 425 g/mol. The summed E-state index contributed by atoms with van der Waals surface area (Å²) < 4.78 is 22.2. The Bertz CT molecular complexity index is 912. The van der Waals surface area contributed by atoms with Crippen molar-refractivity contribution in [2.45, 2.75) is 13.5 Å². The number of ether oxygens (including phenoxy) is 3. The first-order chi connectivity index (χ1) is 15.2. The first-order valence-electron chi connectivity index (χ1n) is 10.3. The maximum absolute atomic E-state index is 12.3. The molecule has 0 unspecified atom stereocenters. The summed E-state index contributed by atoms with van der Waals surface area (Å²) in [7, 11) is 0. The topological polar surface area (TPSA) is 97.0 Å². The predicted molar refractivity (Wildman–Crippen MR) is 115 cm³/mol. The zero-order valence-electron chi connectivity index (χ0n) is 17.6. The number of hydrogen-bond donors (Lipinski definition) is 1. The molecule has 1 aliphatic heterocycles. The molecule has 2 aromatic rings. The van der Waals surface area contributed by atoms with Gasteiger partial charge in [0.25, 0.3) is 5.91 Å². The van der Waals surface area contributed by atoms with Crippen molar-refractivity contribution in [1.29, 1.82) is 5.26 Å². The van der Waals surface area contributed by atoms with Crippen LogP contribution >= 0.6 is 0 Å². The summed E-state index contributed by atoms with van der Waals surface area (Å²) in [4.78, 5) is 14.6. The molecule has 0 aliphatic carbocycles. The maximum atomic E-state index is 12.3. The number of nitrogens with zero attached hydrogens (tertiary/aromatic N) is 2. The van der Waals surface area contributed by atoms with E-state index in [2.05, 4.69) is 10.2 Å². The van der Waals surface area contributed by atoms with E-state index in [-0.39, 0.29) is 12.1 Å². The van der Waals surface area contributed by atoms with Gasteiger partial charge in [-0.25, -0.2) is 0 Å². The van der Waals surface area contributed by atoms with Gasteiger partial charge in [0.05, 0.1) is 32.6 Å². The Kier molecular flexibility index (Phi) is 8.52. The van der Waals surface area contributed by atoms with Crippen molar-refractivity contribution in [2.24, 2.45) is 0 Å². The second-order valence-electron chi connectivity index (χ2n) is 6.87. The summed E-state index contributed by atoms with van der Waals surface area (Å²) in [5.41, 5.74) is 0.670. The molecule has 31 heavy (non-hydrogen) atoms. The van der Waals surface area contributed by atoms with Crippen LogP contribution in [-0.4, -0.2) is 56.9 Å². The number of furan rings is 1. The highest BCUT2D eigenvalue weighted by Crippen LogP contribution is 2.29. The van der Waals surface area contributed by atoms with Crippen molar-refractivity contribution >= 4 is 12.0 Å². The largest absolute Gasteiger partial charge is 0.490 e. The molecule has 2 heterocycles. The van der Waals surface area contributed by atoms with Crippen LogP contribution in [0.5, 0.6) is 11.5 Å². The normalized spacial score (nSPS) is 14.6. The van der Waals surface area contributed by atoms with Crippen LogP contribution < -0.4 is 14.8 Å². The molecule has 164 valence electrons. The standard InChI is InChI=1S/C23H27N3O5/c1-2-29-22-15-18(5-6-21(22)31-13-9-26-7-11-28-12-8-26)14-19(16-24)23(27)25-17-20-4-3-10-30-20/h3-6,10,14-15H,2,7-9,11-13,17H2,1H3,(H,25,27). The molecule has 1 fully saturated rings. The van der Waals surface area contributed by atoms with Crippen molar-refractivity contribution in [1.82, 2.24) is 10.2 Å². The summed E-state index contributed by atoms with van der Waals surface area (Å²) in [6, 6.07) is 10.8. The van der Waals surface area contributed by atoms with Crippen molar-refractivity contribution in [3.05, 3.63) is 53.5 Å². The van der Waals surface area contributed by atoms with E-state index in [9.17, 15) is 10.1 Å². The number of rotatable bonds is 10. The molecular formula is C23H27N3O5. The van der Waals surface area contributed by atoms with Gasteiger partial charge < -0.3 is 23.9 Å². The van der Waals surface area contributed by atoms with E-state index in [4.69, 9.17) is 18.6 Å².